The summed E-state index contributed by atoms with van der Waals surface area (Å²) in [6.45, 7) is 9.03. The largest absolute Gasteiger partial charge is 0.326 e. The minimum Gasteiger partial charge on any atom is -0.326 e. The first-order valence-corrected chi connectivity index (χ1v) is 7.02. The third-order valence-corrected chi connectivity index (χ3v) is 5.46. The molecule has 76 valence electrons. The van der Waals surface area contributed by atoms with E-state index in [-0.39, 0.29) is 0 Å². The van der Waals surface area contributed by atoms with Crippen molar-refractivity contribution in [1.29, 1.82) is 0 Å². The van der Waals surface area contributed by atoms with E-state index in [1.165, 1.54) is 12.1 Å². The minimum atomic E-state index is -1.07. The standard InChI is InChI=1S/C10H21NOSi/c1-8(2)13(9(3)4)12-11-10-6-5-7-10/h6,8-9,11,13H,5,7H2,1-4H3. The highest BCUT2D eigenvalue weighted by molar-refractivity contribution is 6.54. The van der Waals surface area contributed by atoms with E-state index >= 15 is 0 Å². The van der Waals surface area contributed by atoms with Crippen molar-refractivity contribution in [3.8, 4) is 0 Å². The van der Waals surface area contributed by atoms with Crippen LogP contribution in [0, 0.1) is 0 Å². The van der Waals surface area contributed by atoms with Crippen LogP contribution in [0.2, 0.25) is 11.1 Å². The molecule has 0 aromatic heterocycles. The maximum absolute atomic E-state index is 5.79. The molecule has 0 radical (unpaired) electrons. The monoisotopic (exact) mass is 199 g/mol. The van der Waals surface area contributed by atoms with E-state index in [4.69, 9.17) is 4.53 Å². The number of hydrogen-bond acceptors (Lipinski definition) is 2. The number of hydrogen-bond donors (Lipinski definition) is 1. The molecular formula is C10H21NOSi. The van der Waals surface area contributed by atoms with Gasteiger partial charge in [0.1, 0.15) is 0 Å². The number of hydroxylamine groups is 1. The quantitative estimate of drug-likeness (QED) is 0.543. The molecule has 1 aliphatic carbocycles. The molecule has 0 heterocycles. The fourth-order valence-electron chi connectivity index (χ4n) is 1.57. The maximum atomic E-state index is 5.79. The lowest BCUT2D eigenvalue weighted by molar-refractivity contribution is 0.210. The predicted molar refractivity (Wildman–Crippen MR) is 58.9 cm³/mol. The molecule has 0 aromatic carbocycles. The van der Waals surface area contributed by atoms with Crippen LogP contribution in [-0.4, -0.2) is 9.04 Å². The highest BCUT2D eigenvalue weighted by atomic mass is 28.3. The van der Waals surface area contributed by atoms with E-state index in [2.05, 4.69) is 39.3 Å². The Morgan fingerprint density at radius 2 is 1.85 bits per heavy atom. The summed E-state index contributed by atoms with van der Waals surface area (Å²) >= 11 is 0. The second kappa shape index (κ2) is 4.82. The Morgan fingerprint density at radius 3 is 2.15 bits per heavy atom. The number of allylic oxidation sites excluding steroid dienone is 2. The molecule has 1 N–H and O–H groups in total. The fourth-order valence-corrected chi connectivity index (χ4v) is 3.94. The van der Waals surface area contributed by atoms with Gasteiger partial charge in [0.15, 0.2) is 0 Å². The van der Waals surface area contributed by atoms with Gasteiger partial charge in [-0.3, -0.25) is 5.48 Å². The third-order valence-electron chi connectivity index (χ3n) is 2.44. The second-order valence-electron chi connectivity index (χ2n) is 4.44. The van der Waals surface area contributed by atoms with Crippen molar-refractivity contribution in [2.45, 2.75) is 51.6 Å². The zero-order valence-corrected chi connectivity index (χ0v) is 10.3. The highest BCUT2D eigenvalue weighted by Gasteiger charge is 2.22. The van der Waals surface area contributed by atoms with Crippen LogP contribution in [0.4, 0.5) is 0 Å². The first-order valence-electron chi connectivity index (χ1n) is 5.22. The predicted octanol–water partition coefficient (Wildman–Crippen LogP) is 2.73. The first kappa shape index (κ1) is 10.8. The molecule has 0 aliphatic heterocycles. The molecule has 0 fully saturated rings. The molecule has 1 rings (SSSR count). The topological polar surface area (TPSA) is 21.3 Å². The molecule has 0 saturated heterocycles. The Morgan fingerprint density at radius 1 is 1.31 bits per heavy atom. The van der Waals surface area contributed by atoms with E-state index in [0.29, 0.717) is 11.1 Å². The average molecular weight is 199 g/mol. The summed E-state index contributed by atoms with van der Waals surface area (Å²) in [4.78, 5) is 0. The van der Waals surface area contributed by atoms with E-state index < -0.39 is 9.04 Å². The summed E-state index contributed by atoms with van der Waals surface area (Å²) in [5.74, 6) is 0. The number of nitrogens with one attached hydrogen (secondary N) is 1. The summed E-state index contributed by atoms with van der Waals surface area (Å²) in [6.07, 6.45) is 4.57. The van der Waals surface area contributed by atoms with E-state index in [1.54, 1.807) is 0 Å². The van der Waals surface area contributed by atoms with Crippen LogP contribution in [-0.2, 0) is 4.53 Å². The van der Waals surface area contributed by atoms with Crippen molar-refractivity contribution >= 4 is 9.04 Å². The molecule has 0 aromatic rings. The van der Waals surface area contributed by atoms with Crippen LogP contribution < -0.4 is 5.48 Å². The zero-order valence-electron chi connectivity index (χ0n) is 9.13. The smallest absolute Gasteiger partial charge is 0.219 e. The van der Waals surface area contributed by atoms with Crippen molar-refractivity contribution in [1.82, 2.24) is 5.48 Å². The van der Waals surface area contributed by atoms with E-state index in [1.807, 2.05) is 0 Å². The molecular weight excluding hydrogens is 178 g/mol. The Bertz CT molecular complexity index is 181. The van der Waals surface area contributed by atoms with Gasteiger partial charge in [0, 0.05) is 5.70 Å². The van der Waals surface area contributed by atoms with Gasteiger partial charge in [0.25, 0.3) is 0 Å². The lowest BCUT2D eigenvalue weighted by Crippen LogP contribution is -2.33. The van der Waals surface area contributed by atoms with Crippen LogP contribution in [0.25, 0.3) is 0 Å². The Hall–Kier alpha value is -0.283. The van der Waals surface area contributed by atoms with Crippen molar-refractivity contribution in [3.05, 3.63) is 11.8 Å². The van der Waals surface area contributed by atoms with Gasteiger partial charge in [-0.2, -0.15) is 0 Å². The molecule has 0 unspecified atom stereocenters. The SMILES string of the molecule is CC(C)[SiH](ONC1=CCC1)C(C)C. The third kappa shape index (κ3) is 3.16. The molecule has 0 bridgehead atoms. The van der Waals surface area contributed by atoms with Crippen LogP contribution >= 0.6 is 0 Å². The second-order valence-corrected chi connectivity index (χ2v) is 8.27. The average Bonchev–Trinajstić information content (AvgIpc) is 1.92. The Kier molecular flexibility index (Phi) is 4.00. The normalized spacial score (nSPS) is 16.4. The van der Waals surface area contributed by atoms with Gasteiger partial charge < -0.3 is 4.53 Å². The minimum absolute atomic E-state index is 0.702. The highest BCUT2D eigenvalue weighted by Crippen LogP contribution is 2.21. The molecule has 13 heavy (non-hydrogen) atoms. The van der Waals surface area contributed by atoms with Gasteiger partial charge in [-0.25, -0.2) is 0 Å². The van der Waals surface area contributed by atoms with Gasteiger partial charge in [-0.05, 0) is 23.9 Å². The van der Waals surface area contributed by atoms with Crippen LogP contribution in [0.3, 0.4) is 0 Å². The Balaban J connectivity index is 2.29. The Labute approximate surface area is 83.0 Å². The van der Waals surface area contributed by atoms with Crippen LogP contribution in [0.1, 0.15) is 40.5 Å². The van der Waals surface area contributed by atoms with E-state index in [0.717, 1.165) is 6.42 Å². The molecule has 3 heteroatoms. The summed E-state index contributed by atoms with van der Waals surface area (Å²) < 4.78 is 5.79. The van der Waals surface area contributed by atoms with Gasteiger partial charge in [-0.1, -0.05) is 33.8 Å². The summed E-state index contributed by atoms with van der Waals surface area (Å²) in [7, 11) is -1.07. The molecule has 0 saturated carbocycles. The van der Waals surface area contributed by atoms with Gasteiger partial charge in [0.05, 0.1) is 0 Å². The van der Waals surface area contributed by atoms with E-state index in [9.17, 15) is 0 Å². The molecule has 0 spiro atoms. The summed E-state index contributed by atoms with van der Waals surface area (Å²) in [5.41, 5.74) is 5.79. The lowest BCUT2D eigenvalue weighted by atomic mass is 10.1. The van der Waals surface area contributed by atoms with Gasteiger partial charge in [0.2, 0.25) is 9.04 Å². The lowest BCUT2D eigenvalue weighted by Gasteiger charge is -2.26. The van der Waals surface area contributed by atoms with Crippen molar-refractivity contribution in [3.63, 3.8) is 0 Å². The van der Waals surface area contributed by atoms with Crippen molar-refractivity contribution in [2.24, 2.45) is 0 Å². The van der Waals surface area contributed by atoms with Crippen molar-refractivity contribution < 1.29 is 4.53 Å². The van der Waals surface area contributed by atoms with Crippen LogP contribution in [0.5, 0.6) is 0 Å². The van der Waals surface area contributed by atoms with Crippen LogP contribution in [0.15, 0.2) is 11.8 Å². The molecule has 2 nitrogen and oxygen atoms in total. The number of rotatable bonds is 5. The summed E-state index contributed by atoms with van der Waals surface area (Å²) in [6, 6.07) is 0. The first-order chi connectivity index (χ1) is 6.11. The fraction of sp³-hybridized carbons (Fsp3) is 0.800. The molecule has 0 amide bonds. The zero-order chi connectivity index (χ0) is 9.84. The molecule has 1 aliphatic rings. The maximum Gasteiger partial charge on any atom is 0.219 e. The molecule has 0 atom stereocenters. The van der Waals surface area contributed by atoms with Gasteiger partial charge in [-0.15, -0.1) is 0 Å². The summed E-state index contributed by atoms with van der Waals surface area (Å²) in [5, 5.41) is 0. The van der Waals surface area contributed by atoms with Crippen molar-refractivity contribution in [2.75, 3.05) is 0 Å². The van der Waals surface area contributed by atoms with Gasteiger partial charge >= 0.3 is 0 Å².